The van der Waals surface area contributed by atoms with Crippen LogP contribution in [0.25, 0.3) is 0 Å². The summed E-state index contributed by atoms with van der Waals surface area (Å²) in [5.74, 6) is 0.956. The Kier molecular flexibility index (Phi) is 3.87. The monoisotopic (exact) mass is 233 g/mol. The van der Waals surface area contributed by atoms with Crippen LogP contribution >= 0.6 is 11.8 Å². The lowest BCUT2D eigenvalue weighted by molar-refractivity contribution is 0.129. The van der Waals surface area contributed by atoms with Crippen molar-refractivity contribution in [3.8, 4) is 6.07 Å². The number of benzene rings is 1. The third kappa shape index (κ3) is 2.78. The minimum absolute atomic E-state index is 0.373. The second-order valence-corrected chi connectivity index (χ2v) is 5.12. The van der Waals surface area contributed by atoms with Crippen molar-refractivity contribution in [3.63, 3.8) is 0 Å². The average molecular weight is 233 g/mol. The zero-order valence-corrected chi connectivity index (χ0v) is 10.2. The number of nitrogens with zero attached hydrogens (tertiary/aromatic N) is 1. The molecule has 1 heterocycles. The maximum Gasteiger partial charge on any atom is 0.100 e. The summed E-state index contributed by atoms with van der Waals surface area (Å²) in [4.78, 5) is 1.07. The minimum Gasteiger partial charge on any atom is -0.377 e. The smallest absolute Gasteiger partial charge is 0.100 e. The van der Waals surface area contributed by atoms with E-state index in [1.165, 1.54) is 6.42 Å². The van der Waals surface area contributed by atoms with Gasteiger partial charge < -0.3 is 4.74 Å². The molecular formula is C13H15NOS. The molecule has 1 aromatic rings. The minimum atomic E-state index is 0.373. The van der Waals surface area contributed by atoms with Crippen LogP contribution in [0.5, 0.6) is 0 Å². The Morgan fingerprint density at radius 2 is 2.44 bits per heavy atom. The van der Waals surface area contributed by atoms with Crippen molar-refractivity contribution in [1.29, 1.82) is 5.26 Å². The molecule has 0 radical (unpaired) electrons. The number of aryl methyl sites for hydroxylation is 1. The van der Waals surface area contributed by atoms with Crippen molar-refractivity contribution >= 4 is 11.8 Å². The summed E-state index contributed by atoms with van der Waals surface area (Å²) >= 11 is 1.73. The molecule has 1 unspecified atom stereocenters. The van der Waals surface area contributed by atoms with Crippen LogP contribution in [0.2, 0.25) is 0 Å². The molecule has 0 bridgehead atoms. The number of nitriles is 1. The quantitative estimate of drug-likeness (QED) is 0.752. The summed E-state index contributed by atoms with van der Waals surface area (Å²) < 4.78 is 5.57. The predicted molar refractivity (Wildman–Crippen MR) is 65.6 cm³/mol. The van der Waals surface area contributed by atoms with Crippen LogP contribution in [0.1, 0.15) is 24.0 Å². The highest BCUT2D eigenvalue weighted by atomic mass is 32.2. The third-order valence-corrected chi connectivity index (χ3v) is 3.91. The van der Waals surface area contributed by atoms with Crippen LogP contribution in [0.3, 0.4) is 0 Å². The van der Waals surface area contributed by atoms with Crippen LogP contribution in [-0.2, 0) is 4.74 Å². The Bertz CT molecular complexity index is 405. The first-order valence-electron chi connectivity index (χ1n) is 5.55. The van der Waals surface area contributed by atoms with Crippen LogP contribution in [0.4, 0.5) is 0 Å². The zero-order valence-electron chi connectivity index (χ0n) is 9.40. The summed E-state index contributed by atoms with van der Waals surface area (Å²) in [6.45, 7) is 2.90. The van der Waals surface area contributed by atoms with Crippen LogP contribution < -0.4 is 0 Å². The summed E-state index contributed by atoms with van der Waals surface area (Å²) in [6.07, 6.45) is 2.70. The fraction of sp³-hybridized carbons (Fsp3) is 0.462. The maximum atomic E-state index is 9.04. The van der Waals surface area contributed by atoms with Gasteiger partial charge >= 0.3 is 0 Å². The predicted octanol–water partition coefficient (Wildman–Crippen LogP) is 3.14. The Balaban J connectivity index is 2.00. The summed E-state index contributed by atoms with van der Waals surface area (Å²) in [5, 5.41) is 9.04. The van der Waals surface area contributed by atoms with Gasteiger partial charge in [-0.05, 0) is 37.5 Å². The standard InChI is InChI=1S/C13H15NOS/c1-10-4-5-13(11(7-10)8-14)16-9-12-3-2-6-15-12/h4-5,7,12H,2-3,6,9H2,1H3. The SMILES string of the molecule is Cc1ccc(SCC2CCCO2)c(C#N)c1. The summed E-state index contributed by atoms with van der Waals surface area (Å²) in [5.41, 5.74) is 1.92. The van der Waals surface area contributed by atoms with Crippen molar-refractivity contribution in [1.82, 2.24) is 0 Å². The summed E-state index contributed by atoms with van der Waals surface area (Å²) in [7, 11) is 0. The molecule has 1 saturated heterocycles. The molecular weight excluding hydrogens is 218 g/mol. The van der Waals surface area contributed by atoms with Gasteiger partial charge in [0.15, 0.2) is 0 Å². The van der Waals surface area contributed by atoms with Crippen LogP contribution in [0.15, 0.2) is 23.1 Å². The normalized spacial score (nSPS) is 19.6. The Morgan fingerprint density at radius 3 is 3.12 bits per heavy atom. The van der Waals surface area contributed by atoms with E-state index in [2.05, 4.69) is 12.1 Å². The second-order valence-electron chi connectivity index (χ2n) is 4.06. The van der Waals surface area contributed by atoms with Crippen molar-refractivity contribution in [2.75, 3.05) is 12.4 Å². The molecule has 0 aliphatic carbocycles. The maximum absolute atomic E-state index is 9.04. The van der Waals surface area contributed by atoms with Gasteiger partial charge in [0.2, 0.25) is 0 Å². The molecule has 3 heteroatoms. The largest absolute Gasteiger partial charge is 0.377 e. The van der Waals surface area contributed by atoms with E-state index in [1.807, 2.05) is 19.1 Å². The first-order chi connectivity index (χ1) is 7.79. The van der Waals surface area contributed by atoms with E-state index in [4.69, 9.17) is 10.00 Å². The third-order valence-electron chi connectivity index (χ3n) is 2.70. The molecule has 1 atom stereocenters. The second kappa shape index (κ2) is 5.38. The fourth-order valence-corrected chi connectivity index (χ4v) is 2.87. The van der Waals surface area contributed by atoms with Gasteiger partial charge in [-0.25, -0.2) is 0 Å². The highest BCUT2D eigenvalue weighted by molar-refractivity contribution is 7.99. The number of ether oxygens (including phenoxy) is 1. The van der Waals surface area contributed by atoms with Crippen LogP contribution in [0, 0.1) is 18.3 Å². The first kappa shape index (κ1) is 11.5. The van der Waals surface area contributed by atoms with Crippen molar-refractivity contribution in [2.24, 2.45) is 0 Å². The van der Waals surface area contributed by atoms with Crippen LogP contribution in [-0.4, -0.2) is 18.5 Å². The molecule has 0 saturated carbocycles. The molecule has 16 heavy (non-hydrogen) atoms. The van der Waals surface area contributed by atoms with E-state index >= 15 is 0 Å². The zero-order chi connectivity index (χ0) is 11.4. The lowest BCUT2D eigenvalue weighted by Crippen LogP contribution is -2.07. The van der Waals surface area contributed by atoms with E-state index in [0.717, 1.165) is 34.8 Å². The Hall–Kier alpha value is -0.980. The average Bonchev–Trinajstić information content (AvgIpc) is 2.80. The first-order valence-corrected chi connectivity index (χ1v) is 6.53. The van der Waals surface area contributed by atoms with E-state index in [1.54, 1.807) is 11.8 Å². The van der Waals surface area contributed by atoms with Gasteiger partial charge in [-0.15, -0.1) is 11.8 Å². The summed E-state index contributed by atoms with van der Waals surface area (Å²) in [6, 6.07) is 8.28. The van der Waals surface area contributed by atoms with E-state index < -0.39 is 0 Å². The molecule has 0 N–H and O–H groups in total. The van der Waals surface area contributed by atoms with Gasteiger partial charge in [0, 0.05) is 17.3 Å². The van der Waals surface area contributed by atoms with Gasteiger partial charge in [-0.3, -0.25) is 0 Å². The molecule has 1 aromatic carbocycles. The number of hydrogen-bond donors (Lipinski definition) is 0. The molecule has 84 valence electrons. The van der Waals surface area contributed by atoms with Gasteiger partial charge in [-0.1, -0.05) is 6.07 Å². The Labute approximate surface area is 101 Å². The highest BCUT2D eigenvalue weighted by Gasteiger charge is 2.16. The molecule has 0 aromatic heterocycles. The number of hydrogen-bond acceptors (Lipinski definition) is 3. The molecule has 2 nitrogen and oxygen atoms in total. The fourth-order valence-electron chi connectivity index (χ4n) is 1.82. The van der Waals surface area contributed by atoms with E-state index in [-0.39, 0.29) is 0 Å². The van der Waals surface area contributed by atoms with Gasteiger partial charge in [-0.2, -0.15) is 5.26 Å². The van der Waals surface area contributed by atoms with Crippen molar-refractivity contribution in [3.05, 3.63) is 29.3 Å². The van der Waals surface area contributed by atoms with Gasteiger partial charge in [0.1, 0.15) is 6.07 Å². The molecule has 2 rings (SSSR count). The highest BCUT2D eigenvalue weighted by Crippen LogP contribution is 2.26. The lowest BCUT2D eigenvalue weighted by atomic mass is 10.2. The molecule has 1 fully saturated rings. The van der Waals surface area contributed by atoms with Gasteiger partial charge in [0.25, 0.3) is 0 Å². The van der Waals surface area contributed by atoms with E-state index in [9.17, 15) is 0 Å². The number of rotatable bonds is 3. The molecule has 0 amide bonds. The van der Waals surface area contributed by atoms with Crippen molar-refractivity contribution in [2.45, 2.75) is 30.8 Å². The van der Waals surface area contributed by atoms with Crippen molar-refractivity contribution < 1.29 is 4.74 Å². The molecule has 1 aliphatic rings. The lowest BCUT2D eigenvalue weighted by Gasteiger charge is -2.09. The number of thioether (sulfide) groups is 1. The van der Waals surface area contributed by atoms with E-state index in [0.29, 0.717) is 6.10 Å². The topological polar surface area (TPSA) is 33.0 Å². The van der Waals surface area contributed by atoms with Gasteiger partial charge in [0.05, 0.1) is 11.7 Å². The Morgan fingerprint density at radius 1 is 1.56 bits per heavy atom. The molecule has 1 aliphatic heterocycles. The molecule has 0 spiro atoms.